The Morgan fingerprint density at radius 1 is 1.41 bits per heavy atom. The minimum Gasteiger partial charge on any atom is -0.384 e. The number of hydrogen-bond acceptors (Lipinski definition) is 4. The summed E-state index contributed by atoms with van der Waals surface area (Å²) < 4.78 is 5.59. The molecule has 5 nitrogen and oxygen atoms in total. The Kier molecular flexibility index (Phi) is 3.28. The molecule has 17 heavy (non-hydrogen) atoms. The normalized spacial score (nSPS) is 24.7. The van der Waals surface area contributed by atoms with Gasteiger partial charge in [0.2, 0.25) is 0 Å². The highest BCUT2D eigenvalue weighted by atomic mass is 16.5. The van der Waals surface area contributed by atoms with Crippen LogP contribution < -0.4 is 5.73 Å². The third-order valence-corrected chi connectivity index (χ3v) is 2.74. The third kappa shape index (κ3) is 2.74. The van der Waals surface area contributed by atoms with E-state index in [0.717, 1.165) is 0 Å². The van der Waals surface area contributed by atoms with Crippen molar-refractivity contribution in [2.75, 3.05) is 18.8 Å². The summed E-state index contributed by atoms with van der Waals surface area (Å²) >= 11 is 0. The number of pyridine rings is 1. The Labute approximate surface area is 101 Å². The molecule has 0 radical (unpaired) electrons. The van der Waals surface area contributed by atoms with Gasteiger partial charge in [0, 0.05) is 19.3 Å². The van der Waals surface area contributed by atoms with Gasteiger partial charge in [-0.2, -0.15) is 0 Å². The van der Waals surface area contributed by atoms with Crippen LogP contribution in [0, 0.1) is 0 Å². The van der Waals surface area contributed by atoms with Gasteiger partial charge in [0.15, 0.2) is 0 Å². The summed E-state index contributed by atoms with van der Waals surface area (Å²) in [5.74, 6) is 0.407. The lowest BCUT2D eigenvalue weighted by Gasteiger charge is -2.35. The fourth-order valence-corrected chi connectivity index (χ4v) is 2.06. The molecule has 1 saturated heterocycles. The molecule has 2 atom stereocenters. The number of anilines is 1. The second kappa shape index (κ2) is 4.71. The van der Waals surface area contributed by atoms with E-state index in [9.17, 15) is 4.79 Å². The van der Waals surface area contributed by atoms with Gasteiger partial charge in [-0.1, -0.05) is 0 Å². The van der Waals surface area contributed by atoms with Gasteiger partial charge in [0.25, 0.3) is 5.91 Å². The van der Waals surface area contributed by atoms with E-state index < -0.39 is 0 Å². The zero-order chi connectivity index (χ0) is 12.4. The van der Waals surface area contributed by atoms with Crippen LogP contribution in [0.15, 0.2) is 18.3 Å². The van der Waals surface area contributed by atoms with Crippen LogP contribution in [0.1, 0.15) is 24.2 Å². The molecule has 2 rings (SSSR count). The maximum atomic E-state index is 12.2. The number of ether oxygens (including phenoxy) is 1. The first-order chi connectivity index (χ1) is 8.06. The monoisotopic (exact) mass is 235 g/mol. The molecule has 1 aliphatic heterocycles. The van der Waals surface area contributed by atoms with Gasteiger partial charge < -0.3 is 15.4 Å². The van der Waals surface area contributed by atoms with Crippen LogP contribution in [0.4, 0.5) is 5.82 Å². The van der Waals surface area contributed by atoms with Crippen molar-refractivity contribution in [1.82, 2.24) is 9.88 Å². The number of aromatic nitrogens is 1. The molecule has 0 aromatic carbocycles. The fourth-order valence-electron chi connectivity index (χ4n) is 2.06. The molecule has 2 unspecified atom stereocenters. The third-order valence-electron chi connectivity index (χ3n) is 2.74. The van der Waals surface area contributed by atoms with Crippen LogP contribution in [0.5, 0.6) is 0 Å². The minimum absolute atomic E-state index is 0.0144. The molecule has 0 bridgehead atoms. The molecule has 2 N–H and O–H groups in total. The maximum Gasteiger partial charge on any atom is 0.255 e. The molecule has 0 spiro atoms. The number of carbonyl (C=O) groups is 1. The van der Waals surface area contributed by atoms with Crippen LogP contribution in [-0.2, 0) is 4.74 Å². The molecule has 1 aromatic rings. The first kappa shape index (κ1) is 11.9. The van der Waals surface area contributed by atoms with E-state index in [4.69, 9.17) is 10.5 Å². The predicted octanol–water partition coefficient (Wildman–Crippen LogP) is 0.913. The second-order valence-corrected chi connectivity index (χ2v) is 4.44. The highest BCUT2D eigenvalue weighted by molar-refractivity contribution is 5.94. The van der Waals surface area contributed by atoms with E-state index in [0.29, 0.717) is 24.5 Å². The first-order valence-corrected chi connectivity index (χ1v) is 5.72. The average Bonchev–Trinajstić information content (AvgIpc) is 2.28. The van der Waals surface area contributed by atoms with Gasteiger partial charge >= 0.3 is 0 Å². The van der Waals surface area contributed by atoms with Crippen LogP contribution in [-0.4, -0.2) is 41.1 Å². The molecule has 0 saturated carbocycles. The Balaban J connectivity index is 2.11. The fraction of sp³-hybridized carbons (Fsp3) is 0.500. The van der Waals surface area contributed by atoms with E-state index in [1.165, 1.54) is 6.20 Å². The highest BCUT2D eigenvalue weighted by Gasteiger charge is 2.26. The number of rotatable bonds is 1. The van der Waals surface area contributed by atoms with Gasteiger partial charge in [0.05, 0.1) is 17.8 Å². The van der Waals surface area contributed by atoms with Gasteiger partial charge in [-0.3, -0.25) is 4.79 Å². The van der Waals surface area contributed by atoms with Crippen molar-refractivity contribution in [2.45, 2.75) is 26.1 Å². The Bertz CT molecular complexity index is 395. The average molecular weight is 235 g/mol. The maximum absolute atomic E-state index is 12.2. The van der Waals surface area contributed by atoms with Crippen molar-refractivity contribution in [3.05, 3.63) is 23.9 Å². The van der Waals surface area contributed by atoms with Gasteiger partial charge in [-0.05, 0) is 26.0 Å². The number of morpholine rings is 1. The summed E-state index contributed by atoms with van der Waals surface area (Å²) in [6, 6.07) is 3.34. The molecule has 1 amide bonds. The largest absolute Gasteiger partial charge is 0.384 e. The number of nitrogen functional groups attached to an aromatic ring is 1. The zero-order valence-corrected chi connectivity index (χ0v) is 10.1. The molecule has 1 fully saturated rings. The minimum atomic E-state index is -0.0144. The Morgan fingerprint density at radius 2 is 2.06 bits per heavy atom. The predicted molar refractivity (Wildman–Crippen MR) is 64.6 cm³/mol. The quantitative estimate of drug-likeness (QED) is 0.785. The van der Waals surface area contributed by atoms with E-state index in [1.54, 1.807) is 17.0 Å². The van der Waals surface area contributed by atoms with Crippen molar-refractivity contribution < 1.29 is 9.53 Å². The summed E-state index contributed by atoms with van der Waals surface area (Å²) in [5.41, 5.74) is 6.06. The Hall–Kier alpha value is -1.62. The van der Waals surface area contributed by atoms with E-state index in [-0.39, 0.29) is 18.1 Å². The summed E-state index contributed by atoms with van der Waals surface area (Å²) in [6.07, 6.45) is 1.66. The van der Waals surface area contributed by atoms with Crippen molar-refractivity contribution >= 4 is 11.7 Å². The van der Waals surface area contributed by atoms with E-state index >= 15 is 0 Å². The summed E-state index contributed by atoms with van der Waals surface area (Å²) in [7, 11) is 0. The Morgan fingerprint density at radius 3 is 2.59 bits per heavy atom. The summed E-state index contributed by atoms with van der Waals surface area (Å²) in [6.45, 7) is 5.18. The topological polar surface area (TPSA) is 68.5 Å². The van der Waals surface area contributed by atoms with Crippen LogP contribution in [0.25, 0.3) is 0 Å². The molecule has 5 heteroatoms. The second-order valence-electron chi connectivity index (χ2n) is 4.44. The van der Waals surface area contributed by atoms with Gasteiger partial charge in [-0.15, -0.1) is 0 Å². The molecule has 1 aromatic heterocycles. The van der Waals surface area contributed by atoms with Crippen LogP contribution in [0.3, 0.4) is 0 Å². The molecular weight excluding hydrogens is 218 g/mol. The lowest BCUT2D eigenvalue weighted by Crippen LogP contribution is -2.48. The summed E-state index contributed by atoms with van der Waals surface area (Å²) in [5, 5.41) is 0. The van der Waals surface area contributed by atoms with E-state index in [2.05, 4.69) is 4.98 Å². The summed E-state index contributed by atoms with van der Waals surface area (Å²) in [4.78, 5) is 17.9. The molecule has 0 aliphatic carbocycles. The molecule has 2 heterocycles. The number of hydrogen-bond donors (Lipinski definition) is 1. The van der Waals surface area contributed by atoms with Gasteiger partial charge in [-0.25, -0.2) is 4.98 Å². The molecule has 1 aliphatic rings. The number of carbonyl (C=O) groups excluding carboxylic acids is 1. The molecular formula is C12H17N3O2. The highest BCUT2D eigenvalue weighted by Crippen LogP contribution is 2.14. The van der Waals surface area contributed by atoms with Crippen LogP contribution >= 0.6 is 0 Å². The SMILES string of the molecule is CC1CN(C(=O)c2ccc(N)nc2)CC(C)O1. The van der Waals surface area contributed by atoms with E-state index in [1.807, 2.05) is 13.8 Å². The molecule has 92 valence electrons. The number of nitrogens with two attached hydrogens (primary N) is 1. The van der Waals surface area contributed by atoms with Crippen molar-refractivity contribution in [2.24, 2.45) is 0 Å². The van der Waals surface area contributed by atoms with Crippen molar-refractivity contribution in [1.29, 1.82) is 0 Å². The standard InChI is InChI=1S/C12H17N3O2/c1-8-6-15(7-9(2)17-8)12(16)10-3-4-11(13)14-5-10/h3-5,8-9H,6-7H2,1-2H3,(H2,13,14). The van der Waals surface area contributed by atoms with Gasteiger partial charge in [0.1, 0.15) is 5.82 Å². The lowest BCUT2D eigenvalue weighted by molar-refractivity contribution is -0.0586. The van der Waals surface area contributed by atoms with Crippen LogP contribution in [0.2, 0.25) is 0 Å². The number of amides is 1. The smallest absolute Gasteiger partial charge is 0.255 e. The number of nitrogens with zero attached hydrogens (tertiary/aromatic N) is 2. The lowest BCUT2D eigenvalue weighted by atomic mass is 10.2. The van der Waals surface area contributed by atoms with Crippen molar-refractivity contribution in [3.8, 4) is 0 Å². The first-order valence-electron chi connectivity index (χ1n) is 5.72. The van der Waals surface area contributed by atoms with Crippen molar-refractivity contribution in [3.63, 3.8) is 0 Å². The zero-order valence-electron chi connectivity index (χ0n) is 10.1.